The molecule has 3 rings (SSSR count). The molecule has 1 unspecified atom stereocenters. The second-order valence-corrected chi connectivity index (χ2v) is 7.88. The summed E-state index contributed by atoms with van der Waals surface area (Å²) in [6.07, 6.45) is 0.148. The Morgan fingerprint density at radius 1 is 1.14 bits per heavy atom. The normalized spacial score (nSPS) is 15.9. The molecule has 3 amide bonds. The first-order chi connectivity index (χ1) is 13.9. The topological polar surface area (TPSA) is 79.0 Å². The molecule has 8 heteroatoms. The Morgan fingerprint density at radius 2 is 1.83 bits per heavy atom. The third-order valence-electron chi connectivity index (χ3n) is 4.56. The van der Waals surface area contributed by atoms with E-state index in [-0.39, 0.29) is 23.5 Å². The van der Waals surface area contributed by atoms with Gasteiger partial charge in [-0.15, -0.1) is 0 Å². The first-order valence-corrected chi connectivity index (χ1v) is 9.94. The maximum atomic E-state index is 12.7. The number of anilines is 2. The minimum absolute atomic E-state index is 0.0670. The van der Waals surface area contributed by atoms with Gasteiger partial charge >= 0.3 is 0 Å². The number of para-hydroxylation sites is 2. The van der Waals surface area contributed by atoms with E-state index in [4.69, 9.17) is 4.74 Å². The van der Waals surface area contributed by atoms with Crippen molar-refractivity contribution in [3.05, 3.63) is 48.5 Å². The Bertz CT molecular complexity index is 914. The molecule has 152 valence electrons. The molecule has 0 bridgehead atoms. The van der Waals surface area contributed by atoms with Crippen LogP contribution in [0.3, 0.4) is 0 Å². The molecule has 0 spiro atoms. The van der Waals surface area contributed by atoms with Crippen molar-refractivity contribution in [2.45, 2.75) is 11.3 Å². The molecule has 0 aliphatic carbocycles. The third kappa shape index (κ3) is 4.89. The molecule has 2 aromatic carbocycles. The molecular formula is C21H23N3O4S. The number of hydrogen-bond donors (Lipinski definition) is 1. The standard InChI is InChI=1S/C21H23N3O4S/c1-23(2)21(27)29-16-10-8-15(9-11-16)22-20(26)14-12-19(25)24(13-14)17-6-4-5-7-18(17)28-3/h4-11,14H,12-13H2,1-3H3,(H,22,26). The molecule has 2 aromatic rings. The molecule has 7 nitrogen and oxygen atoms in total. The lowest BCUT2D eigenvalue weighted by atomic mass is 10.1. The van der Waals surface area contributed by atoms with Gasteiger partial charge in [0.15, 0.2) is 0 Å². The van der Waals surface area contributed by atoms with Crippen LogP contribution in [0.1, 0.15) is 6.42 Å². The van der Waals surface area contributed by atoms with Gasteiger partial charge in [0.1, 0.15) is 5.75 Å². The number of nitrogens with one attached hydrogen (secondary N) is 1. The SMILES string of the molecule is COc1ccccc1N1CC(C(=O)Nc2ccc(SC(=O)N(C)C)cc2)CC1=O. The maximum Gasteiger partial charge on any atom is 0.285 e. The summed E-state index contributed by atoms with van der Waals surface area (Å²) in [6, 6.07) is 14.3. The number of hydrogen-bond acceptors (Lipinski definition) is 5. The summed E-state index contributed by atoms with van der Waals surface area (Å²) in [5.74, 6) is -0.164. The van der Waals surface area contributed by atoms with Crippen molar-refractivity contribution < 1.29 is 19.1 Å². The molecule has 0 aromatic heterocycles. The van der Waals surface area contributed by atoms with Crippen molar-refractivity contribution >= 4 is 40.2 Å². The molecule has 1 atom stereocenters. The van der Waals surface area contributed by atoms with Gasteiger partial charge in [0.25, 0.3) is 5.24 Å². The number of ether oxygens (including phenoxy) is 1. The summed E-state index contributed by atoms with van der Waals surface area (Å²) in [4.78, 5) is 40.8. The number of methoxy groups -OCH3 is 1. The van der Waals surface area contributed by atoms with E-state index in [1.165, 1.54) is 4.90 Å². The molecule has 1 aliphatic rings. The summed E-state index contributed by atoms with van der Waals surface area (Å²) in [7, 11) is 4.94. The molecular weight excluding hydrogens is 390 g/mol. The monoisotopic (exact) mass is 413 g/mol. The van der Waals surface area contributed by atoms with Gasteiger partial charge in [-0.25, -0.2) is 0 Å². The zero-order valence-corrected chi connectivity index (χ0v) is 17.4. The highest BCUT2D eigenvalue weighted by molar-refractivity contribution is 8.13. The number of nitrogens with zero attached hydrogens (tertiary/aromatic N) is 2. The van der Waals surface area contributed by atoms with Gasteiger partial charge < -0.3 is 19.9 Å². The fourth-order valence-electron chi connectivity index (χ4n) is 3.01. The van der Waals surface area contributed by atoms with E-state index in [9.17, 15) is 14.4 Å². The van der Waals surface area contributed by atoms with Gasteiger partial charge in [-0.05, 0) is 48.2 Å². The average Bonchev–Trinajstić information content (AvgIpc) is 3.11. The Labute approximate surface area is 174 Å². The number of thioether (sulfide) groups is 1. The Kier molecular flexibility index (Phi) is 6.43. The average molecular weight is 413 g/mol. The fraction of sp³-hybridized carbons (Fsp3) is 0.286. The van der Waals surface area contributed by atoms with Crippen LogP contribution in [0.4, 0.5) is 16.2 Å². The van der Waals surface area contributed by atoms with E-state index in [2.05, 4.69) is 5.32 Å². The van der Waals surface area contributed by atoms with Crippen LogP contribution in [0, 0.1) is 5.92 Å². The second kappa shape index (κ2) is 9.00. The van der Waals surface area contributed by atoms with Crippen LogP contribution in [-0.2, 0) is 9.59 Å². The Balaban J connectivity index is 1.63. The van der Waals surface area contributed by atoms with Crippen LogP contribution in [0.2, 0.25) is 0 Å². The number of carbonyl (C=O) groups is 3. The minimum Gasteiger partial charge on any atom is -0.495 e. The van der Waals surface area contributed by atoms with Crippen LogP contribution >= 0.6 is 11.8 Å². The maximum absolute atomic E-state index is 12.7. The van der Waals surface area contributed by atoms with E-state index in [0.717, 1.165) is 16.7 Å². The second-order valence-electron chi connectivity index (χ2n) is 6.85. The smallest absolute Gasteiger partial charge is 0.285 e. The third-order valence-corrected chi connectivity index (χ3v) is 5.61. The highest BCUT2D eigenvalue weighted by Gasteiger charge is 2.36. The van der Waals surface area contributed by atoms with Crippen molar-refractivity contribution in [2.75, 3.05) is 38.0 Å². The van der Waals surface area contributed by atoms with Crippen LogP contribution in [0.5, 0.6) is 5.75 Å². The summed E-state index contributed by atoms with van der Waals surface area (Å²) >= 11 is 1.12. The minimum atomic E-state index is -0.447. The van der Waals surface area contributed by atoms with Gasteiger partial charge in [0.05, 0.1) is 18.7 Å². The summed E-state index contributed by atoms with van der Waals surface area (Å²) in [5, 5.41) is 2.79. The zero-order chi connectivity index (χ0) is 21.0. The van der Waals surface area contributed by atoms with E-state index in [1.54, 1.807) is 56.4 Å². The lowest BCUT2D eigenvalue weighted by Crippen LogP contribution is -2.28. The number of rotatable bonds is 5. The molecule has 1 aliphatic heterocycles. The predicted molar refractivity (Wildman–Crippen MR) is 113 cm³/mol. The summed E-state index contributed by atoms with van der Waals surface area (Å²) in [6.45, 7) is 0.302. The van der Waals surface area contributed by atoms with Gasteiger partial charge in [-0.3, -0.25) is 14.4 Å². The zero-order valence-electron chi connectivity index (χ0n) is 16.5. The molecule has 1 N–H and O–H groups in total. The molecule has 0 radical (unpaired) electrons. The number of benzene rings is 2. The van der Waals surface area contributed by atoms with Crippen LogP contribution in [-0.4, -0.2) is 49.7 Å². The van der Waals surface area contributed by atoms with E-state index in [0.29, 0.717) is 23.7 Å². The molecule has 0 saturated carbocycles. The highest BCUT2D eigenvalue weighted by Crippen LogP contribution is 2.33. The largest absolute Gasteiger partial charge is 0.495 e. The molecule has 1 heterocycles. The number of amides is 3. The van der Waals surface area contributed by atoms with E-state index < -0.39 is 5.92 Å². The van der Waals surface area contributed by atoms with Crippen LogP contribution in [0.15, 0.2) is 53.4 Å². The van der Waals surface area contributed by atoms with Gasteiger partial charge in [-0.1, -0.05) is 12.1 Å². The highest BCUT2D eigenvalue weighted by atomic mass is 32.2. The van der Waals surface area contributed by atoms with Crippen LogP contribution in [0.25, 0.3) is 0 Å². The molecule has 1 fully saturated rings. The lowest BCUT2D eigenvalue weighted by Gasteiger charge is -2.19. The fourth-order valence-corrected chi connectivity index (χ4v) is 3.67. The van der Waals surface area contributed by atoms with Gasteiger partial charge in [0, 0.05) is 37.6 Å². The van der Waals surface area contributed by atoms with E-state index in [1.807, 2.05) is 18.2 Å². The predicted octanol–water partition coefficient (Wildman–Crippen LogP) is 3.46. The van der Waals surface area contributed by atoms with Crippen molar-refractivity contribution in [2.24, 2.45) is 5.92 Å². The van der Waals surface area contributed by atoms with Gasteiger partial charge in [0.2, 0.25) is 11.8 Å². The molecule has 29 heavy (non-hydrogen) atoms. The van der Waals surface area contributed by atoms with E-state index >= 15 is 0 Å². The first kappa shape index (κ1) is 20.7. The summed E-state index contributed by atoms with van der Waals surface area (Å²) in [5.41, 5.74) is 1.29. The Hall–Kier alpha value is -3.00. The van der Waals surface area contributed by atoms with Crippen molar-refractivity contribution in [1.29, 1.82) is 0 Å². The van der Waals surface area contributed by atoms with Crippen molar-refractivity contribution in [3.8, 4) is 5.75 Å². The number of carbonyl (C=O) groups excluding carboxylic acids is 3. The van der Waals surface area contributed by atoms with Crippen molar-refractivity contribution in [1.82, 2.24) is 4.90 Å². The molecule has 1 saturated heterocycles. The summed E-state index contributed by atoms with van der Waals surface area (Å²) < 4.78 is 5.33. The van der Waals surface area contributed by atoms with Gasteiger partial charge in [-0.2, -0.15) is 0 Å². The lowest BCUT2D eigenvalue weighted by molar-refractivity contribution is -0.122. The quantitative estimate of drug-likeness (QED) is 0.760. The Morgan fingerprint density at radius 3 is 2.48 bits per heavy atom. The first-order valence-electron chi connectivity index (χ1n) is 9.12. The van der Waals surface area contributed by atoms with Crippen LogP contribution < -0.4 is 15.0 Å². The van der Waals surface area contributed by atoms with Crippen molar-refractivity contribution in [3.63, 3.8) is 0 Å².